The van der Waals surface area contributed by atoms with Crippen LogP contribution in [0.4, 0.5) is 20.2 Å². The lowest BCUT2D eigenvalue weighted by atomic mass is 10.1. The summed E-state index contributed by atoms with van der Waals surface area (Å²) in [5.74, 6) is -1.63. The highest BCUT2D eigenvalue weighted by Gasteiger charge is 2.21. The summed E-state index contributed by atoms with van der Waals surface area (Å²) in [4.78, 5) is 24.2. The molecule has 0 aliphatic carbocycles. The summed E-state index contributed by atoms with van der Waals surface area (Å²) in [6.45, 7) is 3.37. The van der Waals surface area contributed by atoms with E-state index in [9.17, 15) is 9.18 Å². The first kappa shape index (κ1) is 20.3. The van der Waals surface area contributed by atoms with Crippen LogP contribution in [0.5, 0.6) is 0 Å². The van der Waals surface area contributed by atoms with Crippen molar-refractivity contribution < 1.29 is 13.6 Å². The Morgan fingerprint density at radius 2 is 1.97 bits per heavy atom. The van der Waals surface area contributed by atoms with E-state index in [2.05, 4.69) is 30.7 Å². The molecule has 0 saturated carbocycles. The molecule has 0 aliphatic rings. The lowest BCUT2D eigenvalue weighted by Crippen LogP contribution is -2.23. The fraction of sp³-hybridized carbons (Fsp3) is 0.190. The van der Waals surface area contributed by atoms with Crippen LogP contribution in [0.2, 0.25) is 0 Å². The van der Waals surface area contributed by atoms with Crippen molar-refractivity contribution in [2.45, 2.75) is 20.4 Å². The third-order valence-electron chi connectivity index (χ3n) is 4.90. The number of nitrogens with zero attached hydrogens (tertiary/aromatic N) is 5. The van der Waals surface area contributed by atoms with Gasteiger partial charge in [0, 0.05) is 18.9 Å². The van der Waals surface area contributed by atoms with Gasteiger partial charge >= 0.3 is 0 Å². The maximum Gasteiger partial charge on any atom is 0.241 e. The Hall–Kier alpha value is -3.95. The minimum absolute atomic E-state index is 0.0415. The van der Waals surface area contributed by atoms with E-state index in [0.717, 1.165) is 6.20 Å². The smallest absolute Gasteiger partial charge is 0.241 e. The highest BCUT2D eigenvalue weighted by Crippen LogP contribution is 2.34. The van der Waals surface area contributed by atoms with Crippen LogP contribution in [0.15, 0.2) is 36.8 Å². The van der Waals surface area contributed by atoms with Gasteiger partial charge in [-0.3, -0.25) is 14.5 Å². The maximum atomic E-state index is 15.5. The number of nitrogens with one attached hydrogen (secondary N) is 2. The van der Waals surface area contributed by atoms with E-state index < -0.39 is 11.6 Å². The first-order valence-corrected chi connectivity index (χ1v) is 9.46. The Bertz CT molecular complexity index is 1290. The number of anilines is 2. The fourth-order valence-electron chi connectivity index (χ4n) is 3.12. The topological polar surface area (TPSA) is 97.6 Å². The number of rotatable bonds is 5. The van der Waals surface area contributed by atoms with Crippen LogP contribution in [0.1, 0.15) is 11.3 Å². The standard InChI is InChI=1S/C21H19F2N7O/c1-11-12(2)27-20(14-6-4-5-7-25-14)17(23)18(11)28-19-13(22)8-26-15-9-30(29-21(15)19)10-16(31)24-3/h4-9H,10H2,1-3H3,(H,24,31)(H,27,28). The number of fused-ring (bicyclic) bond motifs is 1. The number of halogens is 2. The second kappa shape index (κ2) is 8.05. The number of carbonyl (C=O) groups excluding carboxylic acids is 1. The second-order valence-electron chi connectivity index (χ2n) is 6.91. The van der Waals surface area contributed by atoms with Gasteiger partial charge in [-0.15, -0.1) is 0 Å². The molecular weight excluding hydrogens is 404 g/mol. The molecule has 4 rings (SSSR count). The molecule has 158 valence electrons. The summed E-state index contributed by atoms with van der Waals surface area (Å²) in [7, 11) is 1.51. The lowest BCUT2D eigenvalue weighted by Gasteiger charge is -2.16. The van der Waals surface area contributed by atoms with E-state index in [0.29, 0.717) is 22.5 Å². The first-order chi connectivity index (χ1) is 14.9. The van der Waals surface area contributed by atoms with Gasteiger partial charge in [-0.05, 0) is 31.5 Å². The number of amides is 1. The molecule has 1 amide bonds. The van der Waals surface area contributed by atoms with Gasteiger partial charge in [-0.1, -0.05) is 6.07 Å². The molecule has 0 saturated heterocycles. The van der Waals surface area contributed by atoms with Crippen molar-refractivity contribution >= 4 is 28.3 Å². The van der Waals surface area contributed by atoms with Gasteiger partial charge in [0.15, 0.2) is 11.6 Å². The zero-order chi connectivity index (χ0) is 22.1. The monoisotopic (exact) mass is 423 g/mol. The summed E-state index contributed by atoms with van der Waals surface area (Å²) in [5.41, 5.74) is 2.08. The van der Waals surface area contributed by atoms with Crippen molar-refractivity contribution in [3.8, 4) is 11.4 Å². The number of likely N-dealkylation sites (N-methyl/N-ethyl adjacent to an activating group) is 1. The van der Waals surface area contributed by atoms with Crippen molar-refractivity contribution in [1.82, 2.24) is 30.0 Å². The maximum absolute atomic E-state index is 15.5. The van der Waals surface area contributed by atoms with E-state index in [1.807, 2.05) is 0 Å². The van der Waals surface area contributed by atoms with E-state index in [1.54, 1.807) is 38.2 Å². The van der Waals surface area contributed by atoms with E-state index >= 15 is 4.39 Å². The Labute approximate surface area is 176 Å². The third-order valence-corrected chi connectivity index (χ3v) is 4.90. The van der Waals surface area contributed by atoms with Crippen molar-refractivity contribution in [2.75, 3.05) is 12.4 Å². The predicted molar refractivity (Wildman–Crippen MR) is 112 cm³/mol. The number of carbonyl (C=O) groups is 1. The molecule has 10 heteroatoms. The van der Waals surface area contributed by atoms with Gasteiger partial charge in [0.05, 0.1) is 23.8 Å². The summed E-state index contributed by atoms with van der Waals surface area (Å²) in [6.07, 6.45) is 4.09. The van der Waals surface area contributed by atoms with E-state index in [1.165, 1.54) is 17.9 Å². The number of hydrogen-bond acceptors (Lipinski definition) is 6. The van der Waals surface area contributed by atoms with E-state index in [-0.39, 0.29) is 35.0 Å². The van der Waals surface area contributed by atoms with Crippen LogP contribution in [-0.2, 0) is 11.3 Å². The molecule has 4 aromatic heterocycles. The van der Waals surface area contributed by atoms with Gasteiger partial charge in [-0.25, -0.2) is 18.7 Å². The minimum atomic E-state index is -0.703. The fourth-order valence-corrected chi connectivity index (χ4v) is 3.12. The molecule has 0 radical (unpaired) electrons. The molecule has 0 aromatic carbocycles. The predicted octanol–water partition coefficient (Wildman–Crippen LogP) is 3.27. The number of pyridine rings is 3. The second-order valence-corrected chi connectivity index (χ2v) is 6.91. The molecule has 0 bridgehead atoms. The van der Waals surface area contributed by atoms with Crippen molar-refractivity contribution in [1.29, 1.82) is 0 Å². The molecule has 0 spiro atoms. The molecule has 31 heavy (non-hydrogen) atoms. The molecule has 0 fully saturated rings. The summed E-state index contributed by atoms with van der Waals surface area (Å²) >= 11 is 0. The van der Waals surface area contributed by atoms with Crippen LogP contribution < -0.4 is 10.6 Å². The zero-order valence-corrected chi connectivity index (χ0v) is 17.1. The summed E-state index contributed by atoms with van der Waals surface area (Å²) in [5, 5.41) is 9.60. The molecule has 2 N–H and O–H groups in total. The Morgan fingerprint density at radius 3 is 2.68 bits per heavy atom. The van der Waals surface area contributed by atoms with Gasteiger partial charge in [-0.2, -0.15) is 5.10 Å². The van der Waals surface area contributed by atoms with Crippen LogP contribution in [0.25, 0.3) is 22.4 Å². The molecule has 4 heterocycles. The molecule has 0 unspecified atom stereocenters. The molecule has 0 atom stereocenters. The van der Waals surface area contributed by atoms with Crippen molar-refractivity contribution in [3.05, 3.63) is 59.7 Å². The van der Waals surface area contributed by atoms with Crippen LogP contribution in [0.3, 0.4) is 0 Å². The highest BCUT2D eigenvalue weighted by atomic mass is 19.1. The van der Waals surface area contributed by atoms with Gasteiger partial charge < -0.3 is 10.6 Å². The number of aromatic nitrogens is 5. The van der Waals surface area contributed by atoms with Crippen molar-refractivity contribution in [3.63, 3.8) is 0 Å². The Balaban J connectivity index is 1.83. The average molecular weight is 423 g/mol. The highest BCUT2D eigenvalue weighted by molar-refractivity contribution is 5.90. The van der Waals surface area contributed by atoms with E-state index in [4.69, 9.17) is 0 Å². The van der Waals surface area contributed by atoms with Gasteiger partial charge in [0.25, 0.3) is 0 Å². The zero-order valence-electron chi connectivity index (χ0n) is 17.1. The van der Waals surface area contributed by atoms with Gasteiger partial charge in [0.1, 0.15) is 29.0 Å². The quantitative estimate of drug-likeness (QED) is 0.511. The SMILES string of the molecule is CNC(=O)Cn1cc2ncc(F)c(Nc3c(C)c(C)nc(-c4ccccn4)c3F)c2n1. The largest absolute Gasteiger partial charge is 0.358 e. The first-order valence-electron chi connectivity index (χ1n) is 9.46. The van der Waals surface area contributed by atoms with Crippen LogP contribution in [0, 0.1) is 25.5 Å². The normalized spacial score (nSPS) is 11.0. The minimum Gasteiger partial charge on any atom is -0.358 e. The molecule has 0 aliphatic heterocycles. The van der Waals surface area contributed by atoms with Gasteiger partial charge in [0.2, 0.25) is 5.91 Å². The van der Waals surface area contributed by atoms with Crippen LogP contribution in [-0.4, -0.2) is 37.7 Å². The average Bonchev–Trinajstić information content (AvgIpc) is 3.18. The number of hydrogen-bond donors (Lipinski definition) is 2. The Morgan fingerprint density at radius 1 is 1.16 bits per heavy atom. The number of aryl methyl sites for hydroxylation is 1. The van der Waals surface area contributed by atoms with Crippen LogP contribution >= 0.6 is 0 Å². The molecule has 8 nitrogen and oxygen atoms in total. The molecule has 4 aromatic rings. The third kappa shape index (κ3) is 3.79. The molecular formula is C21H19F2N7O. The van der Waals surface area contributed by atoms with Crippen molar-refractivity contribution in [2.24, 2.45) is 0 Å². The summed E-state index contributed by atoms with van der Waals surface area (Å²) < 4.78 is 31.5. The lowest BCUT2D eigenvalue weighted by molar-refractivity contribution is -0.121. The summed E-state index contributed by atoms with van der Waals surface area (Å²) in [6, 6.07) is 5.10. The Kier molecular flexibility index (Phi) is 5.28.